The fourth-order valence-corrected chi connectivity index (χ4v) is 3.57. The summed E-state index contributed by atoms with van der Waals surface area (Å²) < 4.78 is 28.7. The number of benzene rings is 2. The van der Waals surface area contributed by atoms with Crippen molar-refractivity contribution in [1.82, 2.24) is 4.90 Å². The van der Waals surface area contributed by atoms with Crippen LogP contribution in [0.2, 0.25) is 0 Å². The molecule has 0 saturated carbocycles. The number of hydrogen-bond acceptors (Lipinski definition) is 6. The van der Waals surface area contributed by atoms with Crippen LogP contribution in [0, 0.1) is 5.82 Å². The van der Waals surface area contributed by atoms with E-state index in [4.69, 9.17) is 17.3 Å². The monoisotopic (exact) mass is 455 g/mol. The number of esters is 2. The van der Waals surface area contributed by atoms with Gasteiger partial charge in [0, 0.05) is 0 Å². The van der Waals surface area contributed by atoms with Gasteiger partial charge in [0.15, 0.2) is 0 Å². The number of ether oxygens (including phenoxy) is 3. The summed E-state index contributed by atoms with van der Waals surface area (Å²) >= 11 is 0. The van der Waals surface area contributed by atoms with Crippen molar-refractivity contribution in [3.8, 4) is 5.75 Å². The van der Waals surface area contributed by atoms with Crippen molar-refractivity contribution in [3.05, 3.63) is 59.4 Å². The van der Waals surface area contributed by atoms with Gasteiger partial charge < -0.3 is 19.1 Å². The van der Waals surface area contributed by atoms with Crippen LogP contribution in [0.15, 0.2) is 42.5 Å². The first-order chi connectivity index (χ1) is 15.7. The lowest BCUT2D eigenvalue weighted by Gasteiger charge is -2.37. The third-order valence-electron chi connectivity index (χ3n) is 5.24. The molecule has 0 aliphatic heterocycles. The number of nitrogens with zero attached hydrogens (tertiary/aromatic N) is 1. The number of amides is 1. The number of halogens is 1. The molecule has 0 aromatic heterocycles. The van der Waals surface area contributed by atoms with Crippen LogP contribution >= 0.6 is 0 Å². The summed E-state index contributed by atoms with van der Waals surface area (Å²) in [6.07, 6.45) is -0.783. The van der Waals surface area contributed by atoms with Crippen molar-refractivity contribution in [1.29, 1.82) is 0 Å². The van der Waals surface area contributed by atoms with E-state index in [1.165, 1.54) is 31.3 Å². The Kier molecular flexibility index (Phi) is 9.45. The van der Waals surface area contributed by atoms with Gasteiger partial charge in [-0.2, -0.15) is 0 Å². The van der Waals surface area contributed by atoms with Crippen molar-refractivity contribution in [3.63, 3.8) is 0 Å². The molecule has 0 spiro atoms. The van der Waals surface area contributed by atoms with Gasteiger partial charge in [0.05, 0.1) is 39.3 Å². The molecule has 0 fully saturated rings. The maximum absolute atomic E-state index is 13.7. The Hall–Kier alpha value is -3.36. The van der Waals surface area contributed by atoms with Gasteiger partial charge in [-0.05, 0) is 49.2 Å². The van der Waals surface area contributed by atoms with Gasteiger partial charge in [-0.15, -0.1) is 0 Å². The average molecular weight is 455 g/mol. The van der Waals surface area contributed by atoms with Crippen LogP contribution in [-0.2, 0) is 23.9 Å². The van der Waals surface area contributed by atoms with E-state index in [1.54, 1.807) is 38.1 Å². The molecule has 0 aliphatic carbocycles. The minimum absolute atomic E-state index is 0.0714. The zero-order valence-electron chi connectivity index (χ0n) is 19.2. The molecule has 0 unspecified atom stereocenters. The molecule has 174 valence electrons. The highest BCUT2D eigenvalue weighted by Gasteiger charge is 2.34. The Balaban J connectivity index is 2.59. The molecule has 9 heteroatoms. The molecular weight excluding hydrogens is 428 g/mol. The fourth-order valence-electron chi connectivity index (χ4n) is 3.57. The standard InChI is InChI=1S/C24H27BFNO6/c1-5-33-24(30)13-21(19-11-8-17(26)12-20(19)25)27(22(28)14-23(29)32-4)15(2)16-6-9-18(31-3)10-7-16/h6-12,15,21H,5,13-14H2,1-4H3/t15-,21+/m0/s1. The van der Waals surface area contributed by atoms with E-state index >= 15 is 0 Å². The summed E-state index contributed by atoms with van der Waals surface area (Å²) in [7, 11) is 8.80. The van der Waals surface area contributed by atoms with Gasteiger partial charge in [0.2, 0.25) is 5.91 Å². The zero-order chi connectivity index (χ0) is 24.5. The van der Waals surface area contributed by atoms with Gasteiger partial charge in [-0.3, -0.25) is 14.4 Å². The lowest BCUT2D eigenvalue weighted by molar-refractivity contribution is -0.150. The van der Waals surface area contributed by atoms with Crippen LogP contribution in [0.3, 0.4) is 0 Å². The third kappa shape index (κ3) is 6.81. The van der Waals surface area contributed by atoms with E-state index < -0.39 is 42.2 Å². The summed E-state index contributed by atoms with van der Waals surface area (Å²) in [4.78, 5) is 39.1. The Morgan fingerprint density at radius 1 is 1.06 bits per heavy atom. The summed E-state index contributed by atoms with van der Waals surface area (Å²) in [6.45, 7) is 3.57. The summed E-state index contributed by atoms with van der Waals surface area (Å²) in [5.74, 6) is -1.80. The van der Waals surface area contributed by atoms with Gasteiger partial charge in [-0.25, -0.2) is 4.39 Å². The first-order valence-electron chi connectivity index (χ1n) is 10.4. The van der Waals surface area contributed by atoms with Crippen LogP contribution in [0.5, 0.6) is 5.75 Å². The maximum atomic E-state index is 13.7. The van der Waals surface area contributed by atoms with E-state index in [-0.39, 0.29) is 18.5 Å². The first kappa shape index (κ1) is 25.9. The molecule has 0 aliphatic rings. The maximum Gasteiger partial charge on any atom is 0.315 e. The molecule has 33 heavy (non-hydrogen) atoms. The predicted molar refractivity (Wildman–Crippen MR) is 121 cm³/mol. The van der Waals surface area contributed by atoms with Crippen molar-refractivity contribution < 1.29 is 33.0 Å². The molecule has 0 heterocycles. The minimum Gasteiger partial charge on any atom is -0.497 e. The SMILES string of the molecule is [B]c1cc(F)ccc1[C@@H](CC(=O)OCC)N(C(=O)CC(=O)OC)[C@@H](C)c1ccc(OC)cc1. The number of methoxy groups -OCH3 is 2. The van der Waals surface area contributed by atoms with Crippen LogP contribution in [0.4, 0.5) is 4.39 Å². The van der Waals surface area contributed by atoms with Crippen LogP contribution < -0.4 is 10.2 Å². The lowest BCUT2D eigenvalue weighted by atomic mass is 9.84. The molecule has 2 rings (SSSR count). The Labute approximate surface area is 194 Å². The minimum atomic E-state index is -0.918. The summed E-state index contributed by atoms with van der Waals surface area (Å²) in [5.41, 5.74) is 1.16. The van der Waals surface area contributed by atoms with E-state index in [1.807, 2.05) is 0 Å². The number of hydrogen-bond donors (Lipinski definition) is 0. The zero-order valence-corrected chi connectivity index (χ0v) is 19.2. The molecule has 2 aromatic rings. The highest BCUT2D eigenvalue weighted by atomic mass is 19.1. The number of rotatable bonds is 10. The highest BCUT2D eigenvalue weighted by Crippen LogP contribution is 2.34. The largest absolute Gasteiger partial charge is 0.497 e. The second kappa shape index (κ2) is 12.0. The molecule has 0 N–H and O–H groups in total. The summed E-state index contributed by atoms with van der Waals surface area (Å²) in [5, 5.41) is 0. The topological polar surface area (TPSA) is 82.1 Å². The van der Waals surface area contributed by atoms with E-state index in [0.29, 0.717) is 11.3 Å². The Morgan fingerprint density at radius 3 is 2.27 bits per heavy atom. The summed E-state index contributed by atoms with van der Waals surface area (Å²) in [6, 6.07) is 9.26. The van der Waals surface area contributed by atoms with Crippen LogP contribution in [0.1, 0.15) is 49.9 Å². The molecule has 0 bridgehead atoms. The number of carbonyl (C=O) groups excluding carboxylic acids is 3. The van der Waals surface area contributed by atoms with E-state index in [9.17, 15) is 18.8 Å². The molecule has 7 nitrogen and oxygen atoms in total. The van der Waals surface area contributed by atoms with Crippen molar-refractivity contribution in [2.75, 3.05) is 20.8 Å². The number of carbonyl (C=O) groups is 3. The lowest BCUT2D eigenvalue weighted by Crippen LogP contribution is -2.41. The third-order valence-corrected chi connectivity index (χ3v) is 5.24. The molecule has 1 amide bonds. The van der Waals surface area contributed by atoms with Crippen molar-refractivity contribution in [2.24, 2.45) is 0 Å². The Morgan fingerprint density at radius 2 is 1.73 bits per heavy atom. The molecule has 2 aromatic carbocycles. The fraction of sp³-hybridized carbons (Fsp3) is 0.375. The highest BCUT2D eigenvalue weighted by molar-refractivity contribution is 6.33. The van der Waals surface area contributed by atoms with Gasteiger partial charge in [0.1, 0.15) is 25.8 Å². The first-order valence-corrected chi connectivity index (χ1v) is 10.4. The molecule has 2 radical (unpaired) electrons. The second-order valence-electron chi connectivity index (χ2n) is 7.30. The average Bonchev–Trinajstić information content (AvgIpc) is 2.78. The van der Waals surface area contributed by atoms with Gasteiger partial charge >= 0.3 is 11.9 Å². The molecule has 0 saturated heterocycles. The van der Waals surface area contributed by atoms with Crippen LogP contribution in [-0.4, -0.2) is 51.4 Å². The van der Waals surface area contributed by atoms with Crippen molar-refractivity contribution in [2.45, 2.75) is 38.8 Å². The van der Waals surface area contributed by atoms with E-state index in [0.717, 1.165) is 11.6 Å². The van der Waals surface area contributed by atoms with Crippen molar-refractivity contribution >= 4 is 31.2 Å². The smallest absolute Gasteiger partial charge is 0.315 e. The van der Waals surface area contributed by atoms with Gasteiger partial charge in [-0.1, -0.05) is 23.7 Å². The molecular formula is C24H27BFNO6. The predicted octanol–water partition coefficient (Wildman–Crippen LogP) is 2.78. The quantitative estimate of drug-likeness (QED) is 0.311. The molecule has 2 atom stereocenters. The Bertz CT molecular complexity index is 981. The van der Waals surface area contributed by atoms with Gasteiger partial charge in [0.25, 0.3) is 0 Å². The van der Waals surface area contributed by atoms with E-state index in [2.05, 4.69) is 4.74 Å². The second-order valence-corrected chi connectivity index (χ2v) is 7.30. The van der Waals surface area contributed by atoms with Crippen LogP contribution in [0.25, 0.3) is 0 Å². The normalized spacial score (nSPS) is 12.4.